The molecule has 0 radical (unpaired) electrons. The molecule has 2 N–H and O–H groups in total. The summed E-state index contributed by atoms with van der Waals surface area (Å²) in [5.74, 6) is 0.795. The van der Waals surface area contributed by atoms with E-state index in [0.29, 0.717) is 18.4 Å². The first-order valence-corrected chi connectivity index (χ1v) is 7.81. The third-order valence-corrected chi connectivity index (χ3v) is 4.17. The maximum atomic E-state index is 12.1. The van der Waals surface area contributed by atoms with Gasteiger partial charge in [-0.05, 0) is 45.3 Å². The van der Waals surface area contributed by atoms with Gasteiger partial charge in [-0.25, -0.2) is 0 Å². The van der Waals surface area contributed by atoms with Crippen LogP contribution in [0.4, 0.5) is 0 Å². The van der Waals surface area contributed by atoms with E-state index >= 15 is 0 Å². The van der Waals surface area contributed by atoms with Crippen molar-refractivity contribution in [3.8, 4) is 0 Å². The van der Waals surface area contributed by atoms with E-state index in [0.717, 1.165) is 26.2 Å². The highest BCUT2D eigenvalue weighted by Gasteiger charge is 2.23. The SMILES string of the molecule is CCN(CC)CC(C)NC(=O)CC1NCCCC1C. The van der Waals surface area contributed by atoms with Gasteiger partial charge in [0.2, 0.25) is 5.91 Å². The van der Waals surface area contributed by atoms with Crippen molar-refractivity contribution >= 4 is 5.91 Å². The van der Waals surface area contributed by atoms with Gasteiger partial charge in [-0.2, -0.15) is 0 Å². The highest BCUT2D eigenvalue weighted by molar-refractivity contribution is 5.76. The largest absolute Gasteiger partial charge is 0.352 e. The van der Waals surface area contributed by atoms with Gasteiger partial charge in [0.1, 0.15) is 0 Å². The van der Waals surface area contributed by atoms with E-state index in [4.69, 9.17) is 0 Å². The Morgan fingerprint density at radius 3 is 2.68 bits per heavy atom. The summed E-state index contributed by atoms with van der Waals surface area (Å²) >= 11 is 0. The molecule has 0 saturated carbocycles. The molecule has 3 unspecified atom stereocenters. The van der Waals surface area contributed by atoms with Gasteiger partial charge in [0, 0.05) is 25.0 Å². The molecule has 4 nitrogen and oxygen atoms in total. The molecule has 1 amide bonds. The maximum Gasteiger partial charge on any atom is 0.221 e. The van der Waals surface area contributed by atoms with Crippen molar-refractivity contribution in [3.63, 3.8) is 0 Å². The topological polar surface area (TPSA) is 44.4 Å². The highest BCUT2D eigenvalue weighted by atomic mass is 16.1. The van der Waals surface area contributed by atoms with Crippen LogP contribution < -0.4 is 10.6 Å². The number of amides is 1. The summed E-state index contributed by atoms with van der Waals surface area (Å²) in [5.41, 5.74) is 0. The third kappa shape index (κ3) is 5.91. The number of hydrogen-bond donors (Lipinski definition) is 2. The van der Waals surface area contributed by atoms with Gasteiger partial charge in [-0.3, -0.25) is 4.79 Å². The van der Waals surface area contributed by atoms with Crippen molar-refractivity contribution < 1.29 is 4.79 Å². The summed E-state index contributed by atoms with van der Waals surface area (Å²) in [4.78, 5) is 14.4. The van der Waals surface area contributed by atoms with Gasteiger partial charge in [-0.1, -0.05) is 20.8 Å². The van der Waals surface area contributed by atoms with Crippen LogP contribution in [-0.2, 0) is 4.79 Å². The Kier molecular flexibility index (Phi) is 7.39. The number of likely N-dealkylation sites (N-methyl/N-ethyl adjacent to an activating group) is 1. The lowest BCUT2D eigenvalue weighted by molar-refractivity contribution is -0.122. The van der Waals surface area contributed by atoms with Crippen LogP contribution in [0.15, 0.2) is 0 Å². The summed E-state index contributed by atoms with van der Waals surface area (Å²) in [7, 11) is 0. The van der Waals surface area contributed by atoms with Crippen LogP contribution in [0.1, 0.15) is 47.0 Å². The highest BCUT2D eigenvalue weighted by Crippen LogP contribution is 2.17. The molecular formula is C15H31N3O. The molecule has 0 spiro atoms. The smallest absolute Gasteiger partial charge is 0.221 e. The Balaban J connectivity index is 2.29. The van der Waals surface area contributed by atoms with E-state index in [1.807, 2.05) is 0 Å². The Morgan fingerprint density at radius 2 is 2.11 bits per heavy atom. The van der Waals surface area contributed by atoms with E-state index < -0.39 is 0 Å². The zero-order valence-electron chi connectivity index (χ0n) is 13.0. The molecule has 0 aliphatic carbocycles. The van der Waals surface area contributed by atoms with Crippen LogP contribution in [-0.4, -0.2) is 49.1 Å². The Hall–Kier alpha value is -0.610. The fourth-order valence-electron chi connectivity index (χ4n) is 2.84. The van der Waals surface area contributed by atoms with Crippen LogP contribution in [0.3, 0.4) is 0 Å². The summed E-state index contributed by atoms with van der Waals surface area (Å²) in [6, 6.07) is 0.584. The van der Waals surface area contributed by atoms with Crippen molar-refractivity contribution in [2.75, 3.05) is 26.2 Å². The van der Waals surface area contributed by atoms with E-state index in [-0.39, 0.29) is 11.9 Å². The molecule has 112 valence electrons. The number of carbonyl (C=O) groups is 1. The minimum atomic E-state index is 0.186. The average molecular weight is 269 g/mol. The number of piperidine rings is 1. The molecule has 1 fully saturated rings. The number of hydrogen-bond acceptors (Lipinski definition) is 3. The van der Waals surface area contributed by atoms with Crippen LogP contribution in [0, 0.1) is 5.92 Å². The van der Waals surface area contributed by atoms with Crippen molar-refractivity contribution in [2.24, 2.45) is 5.92 Å². The normalized spacial score (nSPS) is 25.3. The molecule has 1 heterocycles. The molecular weight excluding hydrogens is 238 g/mol. The van der Waals surface area contributed by atoms with Crippen molar-refractivity contribution in [3.05, 3.63) is 0 Å². The molecule has 0 aromatic heterocycles. The molecule has 0 bridgehead atoms. The van der Waals surface area contributed by atoms with E-state index in [1.165, 1.54) is 12.8 Å². The van der Waals surface area contributed by atoms with Crippen molar-refractivity contribution in [1.82, 2.24) is 15.5 Å². The average Bonchev–Trinajstić information content (AvgIpc) is 2.38. The number of carbonyl (C=O) groups excluding carboxylic acids is 1. The lowest BCUT2D eigenvalue weighted by atomic mass is 9.90. The predicted octanol–water partition coefficient (Wildman–Crippen LogP) is 1.61. The number of nitrogens with zero attached hydrogens (tertiary/aromatic N) is 1. The van der Waals surface area contributed by atoms with Crippen LogP contribution in [0.5, 0.6) is 0 Å². The molecule has 1 aliphatic heterocycles. The first-order chi connectivity index (χ1) is 9.06. The zero-order valence-corrected chi connectivity index (χ0v) is 13.0. The van der Waals surface area contributed by atoms with Crippen LogP contribution in [0.25, 0.3) is 0 Å². The van der Waals surface area contributed by atoms with Crippen molar-refractivity contribution in [1.29, 1.82) is 0 Å². The lowest BCUT2D eigenvalue weighted by Crippen LogP contribution is -2.47. The second-order valence-corrected chi connectivity index (χ2v) is 5.84. The van der Waals surface area contributed by atoms with Gasteiger partial charge in [0.15, 0.2) is 0 Å². The summed E-state index contributed by atoms with van der Waals surface area (Å²) < 4.78 is 0. The summed E-state index contributed by atoms with van der Waals surface area (Å²) in [5, 5.41) is 6.59. The summed E-state index contributed by atoms with van der Waals surface area (Å²) in [6.07, 6.45) is 3.08. The standard InChI is InChI=1S/C15H31N3O/c1-5-18(6-2)11-13(4)17-15(19)10-14-12(3)8-7-9-16-14/h12-14,16H,5-11H2,1-4H3,(H,17,19). The van der Waals surface area contributed by atoms with E-state index in [1.54, 1.807) is 0 Å². The van der Waals surface area contributed by atoms with Gasteiger partial charge < -0.3 is 15.5 Å². The van der Waals surface area contributed by atoms with Gasteiger partial charge in [0.25, 0.3) is 0 Å². The second-order valence-electron chi connectivity index (χ2n) is 5.84. The Morgan fingerprint density at radius 1 is 1.42 bits per heavy atom. The quantitative estimate of drug-likeness (QED) is 0.738. The molecule has 3 atom stereocenters. The fraction of sp³-hybridized carbons (Fsp3) is 0.933. The number of rotatable bonds is 7. The minimum absolute atomic E-state index is 0.186. The molecule has 1 rings (SSSR count). The minimum Gasteiger partial charge on any atom is -0.352 e. The lowest BCUT2D eigenvalue weighted by Gasteiger charge is -2.30. The van der Waals surface area contributed by atoms with E-state index in [9.17, 15) is 4.79 Å². The fourth-order valence-corrected chi connectivity index (χ4v) is 2.84. The van der Waals surface area contributed by atoms with Gasteiger partial charge in [-0.15, -0.1) is 0 Å². The Labute approximate surface area is 118 Å². The van der Waals surface area contributed by atoms with Crippen molar-refractivity contribution in [2.45, 2.75) is 59.0 Å². The van der Waals surface area contributed by atoms with Crippen LogP contribution in [0.2, 0.25) is 0 Å². The molecule has 19 heavy (non-hydrogen) atoms. The number of nitrogens with one attached hydrogen (secondary N) is 2. The van der Waals surface area contributed by atoms with Gasteiger partial charge >= 0.3 is 0 Å². The maximum absolute atomic E-state index is 12.1. The molecule has 1 aliphatic rings. The molecule has 0 aromatic rings. The third-order valence-electron chi connectivity index (χ3n) is 4.17. The van der Waals surface area contributed by atoms with Gasteiger partial charge in [0.05, 0.1) is 0 Å². The predicted molar refractivity (Wildman–Crippen MR) is 80.2 cm³/mol. The first-order valence-electron chi connectivity index (χ1n) is 7.81. The zero-order chi connectivity index (χ0) is 14.3. The first kappa shape index (κ1) is 16.4. The summed E-state index contributed by atoms with van der Waals surface area (Å²) in [6.45, 7) is 12.7. The molecule has 4 heteroatoms. The van der Waals surface area contributed by atoms with Crippen LogP contribution >= 0.6 is 0 Å². The molecule has 1 saturated heterocycles. The Bertz CT molecular complexity index is 266. The molecule has 0 aromatic carbocycles. The van der Waals surface area contributed by atoms with E-state index in [2.05, 4.69) is 43.2 Å². The monoisotopic (exact) mass is 269 g/mol. The second kappa shape index (κ2) is 8.54.